The number of thioether (sulfide) groups is 1. The minimum atomic E-state index is 0.402. The lowest BCUT2D eigenvalue weighted by Crippen LogP contribution is -2.13. The van der Waals surface area contributed by atoms with E-state index in [0.717, 1.165) is 27.8 Å². The zero-order valence-electron chi connectivity index (χ0n) is 10.2. The molecule has 1 aliphatic heterocycles. The normalized spacial score (nSPS) is 15.0. The molecule has 1 unspecified atom stereocenters. The number of aldehydes is 1. The van der Waals surface area contributed by atoms with Crippen LogP contribution in [0.3, 0.4) is 0 Å². The highest BCUT2D eigenvalue weighted by atomic mass is 32.2. The van der Waals surface area contributed by atoms with Gasteiger partial charge in [0.2, 0.25) is 0 Å². The molecule has 1 aromatic heterocycles. The molecule has 4 nitrogen and oxygen atoms in total. The van der Waals surface area contributed by atoms with E-state index in [0.29, 0.717) is 15.4 Å². The summed E-state index contributed by atoms with van der Waals surface area (Å²) in [6.45, 7) is 0.423. The van der Waals surface area contributed by atoms with Gasteiger partial charge in [-0.25, -0.2) is 4.98 Å². The van der Waals surface area contributed by atoms with Crippen LogP contribution < -0.4 is 9.34 Å². The Kier molecular flexibility index (Phi) is 3.73. The van der Waals surface area contributed by atoms with Crippen LogP contribution in [-0.2, 0) is 4.79 Å². The van der Waals surface area contributed by atoms with Crippen LogP contribution in [0.2, 0.25) is 0 Å². The first kappa shape index (κ1) is 12.9. The highest BCUT2D eigenvalue weighted by molar-refractivity contribution is 7.98. The number of thiazole rings is 1. The van der Waals surface area contributed by atoms with Crippen molar-refractivity contribution in [3.8, 4) is 0 Å². The van der Waals surface area contributed by atoms with E-state index in [9.17, 15) is 4.79 Å². The van der Waals surface area contributed by atoms with Gasteiger partial charge in [0.15, 0.2) is 5.13 Å². The van der Waals surface area contributed by atoms with E-state index in [1.165, 1.54) is 0 Å². The van der Waals surface area contributed by atoms with Crippen molar-refractivity contribution >= 4 is 54.8 Å². The second-order valence-corrected chi connectivity index (χ2v) is 6.72. The van der Waals surface area contributed by atoms with Crippen LogP contribution in [0.25, 0.3) is 0 Å². The maximum Gasteiger partial charge on any atom is 0.195 e. The monoisotopic (exact) mass is 309 g/mol. The number of nitrogens with zero attached hydrogens (tertiary/aromatic N) is 3. The summed E-state index contributed by atoms with van der Waals surface area (Å²) in [5.74, 6) is 0. The third-order valence-corrected chi connectivity index (χ3v) is 5.84. The van der Waals surface area contributed by atoms with Crippen LogP contribution >= 0.6 is 32.0 Å². The summed E-state index contributed by atoms with van der Waals surface area (Å²) in [5, 5.41) is 4.09. The third kappa shape index (κ3) is 2.36. The Morgan fingerprint density at radius 3 is 2.89 bits per heavy atom. The van der Waals surface area contributed by atoms with Gasteiger partial charge in [-0.1, -0.05) is 12.1 Å². The average Bonchev–Trinajstić information content (AvgIpc) is 3.04. The molecule has 1 atom stereocenters. The molecule has 1 aromatic carbocycles. The van der Waals surface area contributed by atoms with Gasteiger partial charge in [0.1, 0.15) is 11.3 Å². The Labute approximate surface area is 121 Å². The highest BCUT2D eigenvalue weighted by Crippen LogP contribution is 2.52. The molecular formula is C12H12N3OPS2. The minimum Gasteiger partial charge on any atom is -0.327 e. The lowest BCUT2D eigenvalue weighted by Gasteiger charge is -2.16. The van der Waals surface area contributed by atoms with E-state index in [4.69, 9.17) is 0 Å². The lowest BCUT2D eigenvalue weighted by molar-refractivity contribution is -0.106. The van der Waals surface area contributed by atoms with E-state index < -0.39 is 0 Å². The summed E-state index contributed by atoms with van der Waals surface area (Å²) >= 11 is 3.29. The lowest BCUT2D eigenvalue weighted by atomic mass is 10.2. The molecule has 0 fully saturated rings. The van der Waals surface area contributed by atoms with Gasteiger partial charge < -0.3 is 9.46 Å². The molecule has 3 rings (SSSR count). The number of fused-ring (bicyclic) bond motifs is 1. The van der Waals surface area contributed by atoms with Crippen LogP contribution in [0.4, 0.5) is 16.5 Å². The smallest absolute Gasteiger partial charge is 0.195 e. The summed E-state index contributed by atoms with van der Waals surface area (Å²) in [4.78, 5) is 15.4. The number of aromatic nitrogens is 1. The van der Waals surface area contributed by atoms with E-state index in [-0.39, 0.29) is 0 Å². The maximum atomic E-state index is 10.8. The summed E-state index contributed by atoms with van der Waals surface area (Å²) in [6.07, 6.45) is 2.97. The topological polar surface area (TPSA) is 36.4 Å². The fraction of sp³-hybridized carbons (Fsp3) is 0.167. The highest BCUT2D eigenvalue weighted by Gasteiger charge is 2.28. The van der Waals surface area contributed by atoms with Crippen molar-refractivity contribution in [2.45, 2.75) is 5.03 Å². The molecule has 0 bridgehead atoms. The van der Waals surface area contributed by atoms with Crippen LogP contribution in [-0.4, -0.2) is 24.1 Å². The second-order valence-electron chi connectivity index (χ2n) is 3.87. The fourth-order valence-electron chi connectivity index (χ4n) is 1.92. The van der Waals surface area contributed by atoms with Gasteiger partial charge in [-0.3, -0.25) is 4.67 Å². The molecule has 0 saturated heterocycles. The van der Waals surface area contributed by atoms with Crippen LogP contribution in [0, 0.1) is 0 Å². The largest absolute Gasteiger partial charge is 0.327 e. The SMILES string of the molecule is CSc1csc(N2PN(CC=O)c3ccccc32)n1. The quantitative estimate of drug-likeness (QED) is 0.490. The Hall–Kier alpha value is -1.10. The number of anilines is 3. The molecule has 7 heteroatoms. The molecule has 0 radical (unpaired) electrons. The van der Waals surface area contributed by atoms with Gasteiger partial charge in [0.05, 0.1) is 26.8 Å². The maximum absolute atomic E-state index is 10.8. The molecule has 0 spiro atoms. The first-order valence-electron chi connectivity index (χ1n) is 5.69. The summed E-state index contributed by atoms with van der Waals surface area (Å²) < 4.78 is 4.27. The van der Waals surface area contributed by atoms with Crippen LogP contribution in [0.15, 0.2) is 34.7 Å². The van der Waals surface area contributed by atoms with E-state index in [1.54, 1.807) is 23.1 Å². The molecule has 19 heavy (non-hydrogen) atoms. The van der Waals surface area contributed by atoms with E-state index in [1.807, 2.05) is 18.4 Å². The summed E-state index contributed by atoms with van der Waals surface area (Å²) in [7, 11) is 0.402. The molecule has 0 saturated carbocycles. The first-order valence-corrected chi connectivity index (χ1v) is 8.69. The van der Waals surface area contributed by atoms with Crippen molar-refractivity contribution in [2.75, 3.05) is 22.1 Å². The zero-order valence-corrected chi connectivity index (χ0v) is 12.9. The summed E-state index contributed by atoms with van der Waals surface area (Å²) in [5.41, 5.74) is 2.23. The standard InChI is InChI=1S/C12H12N3OPS2/c1-18-11-8-19-12(13-11)15-10-5-3-2-4-9(10)14(17-15)6-7-16/h2-5,7-8,17H,6H2,1H3. The van der Waals surface area contributed by atoms with Gasteiger partial charge in [-0.15, -0.1) is 23.1 Å². The zero-order chi connectivity index (χ0) is 13.2. The molecule has 1 aliphatic rings. The second kappa shape index (κ2) is 5.49. The van der Waals surface area contributed by atoms with Crippen molar-refractivity contribution in [1.29, 1.82) is 0 Å². The number of hydrogen-bond donors (Lipinski definition) is 0. The van der Waals surface area contributed by atoms with E-state index >= 15 is 0 Å². The number of carbonyl (C=O) groups is 1. The van der Waals surface area contributed by atoms with E-state index in [2.05, 4.69) is 31.8 Å². The Morgan fingerprint density at radius 1 is 1.42 bits per heavy atom. The van der Waals surface area contributed by atoms with Gasteiger partial charge >= 0.3 is 0 Å². The van der Waals surface area contributed by atoms with Gasteiger partial charge in [-0.05, 0) is 18.4 Å². The average molecular weight is 309 g/mol. The Balaban J connectivity index is 1.97. The number of rotatable bonds is 4. The number of carbonyl (C=O) groups excluding carboxylic acids is 1. The van der Waals surface area contributed by atoms with Crippen molar-refractivity contribution in [1.82, 2.24) is 4.98 Å². The van der Waals surface area contributed by atoms with Crippen LogP contribution in [0.1, 0.15) is 0 Å². The molecular weight excluding hydrogens is 297 g/mol. The van der Waals surface area contributed by atoms with Gasteiger partial charge in [0, 0.05) is 5.38 Å². The molecule has 98 valence electrons. The molecule has 0 aliphatic carbocycles. The number of hydrogen-bond acceptors (Lipinski definition) is 6. The van der Waals surface area contributed by atoms with Crippen molar-refractivity contribution in [3.63, 3.8) is 0 Å². The molecule has 2 aromatic rings. The Morgan fingerprint density at radius 2 is 2.21 bits per heavy atom. The first-order chi connectivity index (χ1) is 9.33. The Bertz CT molecular complexity index is 604. The molecule has 0 amide bonds. The third-order valence-electron chi connectivity index (χ3n) is 2.76. The van der Waals surface area contributed by atoms with Crippen molar-refractivity contribution < 1.29 is 4.79 Å². The van der Waals surface area contributed by atoms with Crippen LogP contribution in [0.5, 0.6) is 0 Å². The fourth-order valence-corrected chi connectivity index (χ4v) is 4.70. The number of para-hydroxylation sites is 2. The van der Waals surface area contributed by atoms with Crippen molar-refractivity contribution in [3.05, 3.63) is 29.6 Å². The molecule has 2 heterocycles. The van der Waals surface area contributed by atoms with Gasteiger partial charge in [-0.2, -0.15) is 0 Å². The predicted molar refractivity (Wildman–Crippen MR) is 84.2 cm³/mol. The van der Waals surface area contributed by atoms with Gasteiger partial charge in [0.25, 0.3) is 0 Å². The summed E-state index contributed by atoms with van der Waals surface area (Å²) in [6, 6.07) is 8.14. The minimum absolute atomic E-state index is 0.402. The van der Waals surface area contributed by atoms with Crippen molar-refractivity contribution in [2.24, 2.45) is 0 Å². The predicted octanol–water partition coefficient (Wildman–Crippen LogP) is 3.53. The molecule has 0 N–H and O–H groups in total. The number of benzene rings is 1.